The molecule has 1 saturated heterocycles. The number of amides is 3. The molecule has 54 heavy (non-hydrogen) atoms. The Kier molecular flexibility index (Phi) is 13.5. The van der Waals surface area contributed by atoms with E-state index in [-0.39, 0.29) is 35.4 Å². The van der Waals surface area contributed by atoms with Gasteiger partial charge in [0.15, 0.2) is 4.75 Å². The number of urea groups is 1. The summed E-state index contributed by atoms with van der Waals surface area (Å²) in [5, 5.41) is -0.524. The molecule has 1 unspecified atom stereocenters. The first-order chi connectivity index (χ1) is 25.2. The Morgan fingerprint density at radius 1 is 0.907 bits per heavy atom. The van der Waals surface area contributed by atoms with Crippen LogP contribution in [0.25, 0.3) is 0 Å². The van der Waals surface area contributed by atoms with Crippen molar-refractivity contribution in [1.82, 2.24) is 20.0 Å². The first kappa shape index (κ1) is 42.1. The van der Waals surface area contributed by atoms with Crippen LogP contribution >= 0.6 is 47.2 Å². The van der Waals surface area contributed by atoms with E-state index in [2.05, 4.69) is 16.3 Å². The quantitative estimate of drug-likeness (QED) is 0.121. The van der Waals surface area contributed by atoms with Crippen LogP contribution in [0.15, 0.2) is 103 Å². The van der Waals surface area contributed by atoms with Crippen molar-refractivity contribution >= 4 is 70.3 Å². The summed E-state index contributed by atoms with van der Waals surface area (Å²) >= 11 is 17.2. The van der Waals surface area contributed by atoms with Gasteiger partial charge >= 0.3 is 17.3 Å². The number of hydrogen-bond acceptors (Lipinski definition) is 4. The van der Waals surface area contributed by atoms with E-state index in [1.54, 1.807) is 25.2 Å². The highest BCUT2D eigenvalue weighted by molar-refractivity contribution is 7.92. The number of halogens is 6. The molecule has 7 nitrogen and oxygen atoms in total. The molecule has 2 heterocycles. The van der Waals surface area contributed by atoms with Crippen molar-refractivity contribution in [2.24, 2.45) is 0 Å². The third kappa shape index (κ3) is 8.65. The fraction of sp³-hybridized carbons (Fsp3) is 0.350. The van der Waals surface area contributed by atoms with Crippen molar-refractivity contribution in [2.75, 3.05) is 40.3 Å². The molecular weight excluding hydrogens is 796 g/mol. The number of alkyl halides is 3. The summed E-state index contributed by atoms with van der Waals surface area (Å²) in [6.07, 6.45) is 1.58. The van der Waals surface area contributed by atoms with Crippen LogP contribution in [0, 0.1) is 0 Å². The van der Waals surface area contributed by atoms with Crippen LogP contribution in [0.1, 0.15) is 53.1 Å². The maximum atomic E-state index is 14.6. The van der Waals surface area contributed by atoms with Crippen molar-refractivity contribution in [2.45, 2.75) is 46.7 Å². The van der Waals surface area contributed by atoms with E-state index in [1.165, 1.54) is 11.9 Å². The van der Waals surface area contributed by atoms with E-state index in [9.17, 15) is 22.9 Å². The van der Waals surface area contributed by atoms with Gasteiger partial charge in [0.25, 0.3) is 0 Å². The number of likely N-dealkylation sites (tertiary alicyclic amines) is 1. The van der Waals surface area contributed by atoms with Crippen molar-refractivity contribution < 1.29 is 22.9 Å². The molecule has 4 aromatic rings. The number of rotatable bonds is 11. The molecular formula is C40H42Cl4F2N4O3S. The number of carbonyl (C=O) groups is 2. The zero-order chi connectivity index (χ0) is 38.0. The first-order valence-electron chi connectivity index (χ1n) is 17.4. The second kappa shape index (κ2) is 17.4. The fourth-order valence-corrected chi connectivity index (χ4v) is 10.1. The normalized spacial score (nSPS) is 17.7. The van der Waals surface area contributed by atoms with Gasteiger partial charge in [0.05, 0.1) is 21.6 Å². The number of hydrogen-bond donors (Lipinski definition) is 1. The van der Waals surface area contributed by atoms with Gasteiger partial charge < -0.3 is 24.6 Å². The molecule has 4 aromatic carbocycles. The molecule has 14 heteroatoms. The van der Waals surface area contributed by atoms with Crippen LogP contribution in [0.3, 0.4) is 0 Å². The molecule has 1 fully saturated rings. The van der Waals surface area contributed by atoms with E-state index < -0.39 is 44.8 Å². The van der Waals surface area contributed by atoms with Gasteiger partial charge in [-0.25, -0.2) is 4.79 Å². The molecule has 0 bridgehead atoms. The predicted octanol–water partition coefficient (Wildman–Crippen LogP) is 8.98. The van der Waals surface area contributed by atoms with Gasteiger partial charge in [-0.3, -0.25) is 4.79 Å². The van der Waals surface area contributed by atoms with Crippen LogP contribution in [0.5, 0.6) is 0 Å². The van der Waals surface area contributed by atoms with E-state index in [0.29, 0.717) is 43.8 Å². The minimum Gasteiger partial charge on any atom is -0.615 e. The van der Waals surface area contributed by atoms with Gasteiger partial charge in [0, 0.05) is 64.2 Å². The van der Waals surface area contributed by atoms with Crippen LogP contribution in [0.4, 0.5) is 13.6 Å². The molecule has 1 spiro atoms. The maximum absolute atomic E-state index is 14.6. The van der Waals surface area contributed by atoms with Gasteiger partial charge in [0.1, 0.15) is 5.75 Å². The molecule has 2 aliphatic rings. The van der Waals surface area contributed by atoms with Gasteiger partial charge in [-0.2, -0.15) is 8.78 Å². The number of nitrogens with one attached hydrogen (secondary N) is 1. The van der Waals surface area contributed by atoms with Crippen molar-refractivity contribution in [3.8, 4) is 0 Å². The number of fused-ring (bicyclic) bond motifs is 2. The Morgan fingerprint density at radius 2 is 1.48 bits per heavy atom. The van der Waals surface area contributed by atoms with Gasteiger partial charge in [-0.15, -0.1) is 12.4 Å². The predicted molar refractivity (Wildman–Crippen MR) is 215 cm³/mol. The van der Waals surface area contributed by atoms with E-state index >= 15 is 0 Å². The largest absolute Gasteiger partial charge is 0.615 e. The molecule has 3 amide bonds. The summed E-state index contributed by atoms with van der Waals surface area (Å²) in [6.45, 7) is 1.34. The minimum absolute atomic E-state index is 0. The summed E-state index contributed by atoms with van der Waals surface area (Å²) in [4.78, 5) is 32.1. The second-order valence-corrected chi connectivity index (χ2v) is 16.9. The lowest BCUT2D eigenvalue weighted by Gasteiger charge is -2.47. The summed E-state index contributed by atoms with van der Waals surface area (Å²) in [7, 11) is 2.83. The van der Waals surface area contributed by atoms with E-state index in [4.69, 9.17) is 34.8 Å². The zero-order valence-electron chi connectivity index (χ0n) is 29.8. The van der Waals surface area contributed by atoms with Crippen LogP contribution in [-0.2, 0) is 32.0 Å². The molecule has 2 atom stereocenters. The lowest BCUT2D eigenvalue weighted by Crippen LogP contribution is -2.59. The summed E-state index contributed by atoms with van der Waals surface area (Å²) < 4.78 is 41.8. The zero-order valence-corrected chi connectivity index (χ0v) is 33.7. The van der Waals surface area contributed by atoms with E-state index in [0.717, 1.165) is 27.2 Å². The van der Waals surface area contributed by atoms with E-state index in [1.807, 2.05) is 78.9 Å². The average Bonchev–Trinajstić information content (AvgIpc) is 3.43. The average molecular weight is 839 g/mol. The topological polar surface area (TPSA) is 79.0 Å². The van der Waals surface area contributed by atoms with Crippen molar-refractivity contribution in [3.63, 3.8) is 0 Å². The molecule has 0 saturated carbocycles. The number of piperidine rings is 1. The smallest absolute Gasteiger partial charge is 0.399 e. The molecule has 288 valence electrons. The number of benzene rings is 4. The number of carbonyl (C=O) groups excluding carboxylic acids is 2. The lowest BCUT2D eigenvalue weighted by atomic mass is 9.83. The summed E-state index contributed by atoms with van der Waals surface area (Å²) in [6, 6.07) is 30.9. The lowest BCUT2D eigenvalue weighted by molar-refractivity contribution is -0.147. The fourth-order valence-electron chi connectivity index (χ4n) is 7.78. The summed E-state index contributed by atoms with van der Waals surface area (Å²) in [5.41, 5.74) is 3.04. The first-order valence-corrected chi connectivity index (χ1v) is 19.8. The van der Waals surface area contributed by atoms with Crippen LogP contribution < -0.4 is 5.32 Å². The molecule has 0 radical (unpaired) electrons. The third-order valence-corrected chi connectivity index (χ3v) is 13.7. The Morgan fingerprint density at radius 3 is 2.06 bits per heavy atom. The molecule has 1 N–H and O–H groups in total. The monoisotopic (exact) mass is 836 g/mol. The standard InChI is InChI=1S/C40H41Cl3F2N4O3S.ClH/c1-47(36(50)40(43,44)45)27-38(31-17-18-33(41)34(42)25-31,19-22-49-23-20-39(21-24-49)32-16-10-9-15-30(32)26-53(39)52)48(2)37(51)46-35(28-11-5-3-6-12-28)29-13-7-4-8-14-29;/h3-18,25,35H,19-24,26-27H2,1-2H3,(H,46,51);1H/t38?,53-;/m0./s1. The number of likely N-dealkylation sites (N-methyl/N-ethyl adjacent to an activating group) is 2. The highest BCUT2D eigenvalue weighted by Gasteiger charge is 2.52. The SMILES string of the molecule is CN(CC(CCN1CCC2(CC1)c1ccccc1C[S@+]2[O-])(c1ccc(Cl)c(Cl)c1)N(C)C(=O)NC(c1ccccc1)c1ccccc1)C(=O)C(F)(F)Cl.Cl. The Bertz CT molecular complexity index is 1880. The third-order valence-electron chi connectivity index (χ3n) is 10.8. The molecule has 0 aliphatic carbocycles. The number of nitrogens with zero attached hydrogens (tertiary/aromatic N) is 3. The second-order valence-electron chi connectivity index (χ2n) is 13.8. The minimum atomic E-state index is -4.17. The van der Waals surface area contributed by atoms with Gasteiger partial charge in [-0.1, -0.05) is 114 Å². The molecule has 6 rings (SSSR count). The van der Waals surface area contributed by atoms with Crippen LogP contribution in [-0.4, -0.2) is 76.8 Å². The Balaban J connectivity index is 0.00000561. The van der Waals surface area contributed by atoms with Gasteiger partial charge in [0.2, 0.25) is 0 Å². The Hall–Kier alpha value is -3.09. The van der Waals surface area contributed by atoms with Crippen molar-refractivity contribution in [3.05, 3.63) is 141 Å². The van der Waals surface area contributed by atoms with Crippen LogP contribution in [0.2, 0.25) is 10.0 Å². The van der Waals surface area contributed by atoms with Gasteiger partial charge in [-0.05, 0) is 58.0 Å². The Labute approximate surface area is 339 Å². The highest BCUT2D eigenvalue weighted by atomic mass is 35.5. The highest BCUT2D eigenvalue weighted by Crippen LogP contribution is 2.49. The van der Waals surface area contributed by atoms with Crippen molar-refractivity contribution in [1.29, 1.82) is 0 Å². The maximum Gasteiger partial charge on any atom is 0.399 e. The summed E-state index contributed by atoms with van der Waals surface area (Å²) in [5.74, 6) is -1.07. The molecule has 2 aliphatic heterocycles. The molecule has 0 aromatic heterocycles.